The SMILES string of the molecule is CC1=C(C(=O)Nc2ccccn2)[C@H](c2cccc(F)c2)C2C(=O)C[C@@H](C)CC2=N1. The molecule has 4 rings (SSSR count). The maximum atomic E-state index is 14.0. The van der Waals surface area contributed by atoms with Crippen LogP contribution in [0.5, 0.6) is 0 Å². The van der Waals surface area contributed by atoms with Crippen molar-refractivity contribution < 1.29 is 14.0 Å². The molecule has 1 aromatic carbocycles. The molecule has 29 heavy (non-hydrogen) atoms. The highest BCUT2D eigenvalue weighted by molar-refractivity contribution is 6.14. The molecule has 2 heterocycles. The third kappa shape index (κ3) is 3.75. The molecular formula is C23H22FN3O2. The Labute approximate surface area is 168 Å². The number of Topliss-reactive ketones (excluding diaryl/α,β-unsaturated/α-hetero) is 1. The first-order chi connectivity index (χ1) is 13.9. The number of halogens is 1. The normalized spacial score (nSPS) is 24.0. The maximum Gasteiger partial charge on any atom is 0.255 e. The van der Waals surface area contributed by atoms with Gasteiger partial charge in [0, 0.05) is 35.5 Å². The highest BCUT2D eigenvalue weighted by Crippen LogP contribution is 2.44. The molecule has 0 saturated heterocycles. The fourth-order valence-corrected chi connectivity index (χ4v) is 4.36. The van der Waals surface area contributed by atoms with Crippen molar-refractivity contribution in [3.8, 4) is 0 Å². The molecule has 1 N–H and O–H groups in total. The number of benzene rings is 1. The lowest BCUT2D eigenvalue weighted by molar-refractivity contribution is -0.123. The third-order valence-corrected chi connectivity index (χ3v) is 5.52. The minimum atomic E-state index is -0.568. The van der Waals surface area contributed by atoms with E-state index in [-0.39, 0.29) is 17.6 Å². The van der Waals surface area contributed by atoms with E-state index in [4.69, 9.17) is 0 Å². The molecule has 1 aromatic heterocycles. The van der Waals surface area contributed by atoms with Gasteiger partial charge in [-0.2, -0.15) is 0 Å². The number of pyridine rings is 1. The van der Waals surface area contributed by atoms with Crippen LogP contribution in [0.1, 0.15) is 38.2 Å². The number of carbonyl (C=O) groups excluding carboxylic acids is 2. The molecule has 0 radical (unpaired) electrons. The number of rotatable bonds is 3. The second-order valence-electron chi connectivity index (χ2n) is 7.76. The summed E-state index contributed by atoms with van der Waals surface area (Å²) >= 11 is 0. The number of fused-ring (bicyclic) bond motifs is 1. The van der Waals surface area contributed by atoms with Crippen molar-refractivity contribution in [2.24, 2.45) is 16.8 Å². The van der Waals surface area contributed by atoms with Crippen LogP contribution in [0.2, 0.25) is 0 Å². The lowest BCUT2D eigenvalue weighted by Crippen LogP contribution is -2.41. The summed E-state index contributed by atoms with van der Waals surface area (Å²) in [4.78, 5) is 35.0. The molecule has 1 unspecified atom stereocenters. The second kappa shape index (κ2) is 7.70. The van der Waals surface area contributed by atoms with E-state index in [2.05, 4.69) is 15.3 Å². The van der Waals surface area contributed by atoms with Crippen LogP contribution in [0.4, 0.5) is 10.2 Å². The Morgan fingerprint density at radius 1 is 1.14 bits per heavy atom. The lowest BCUT2D eigenvalue weighted by Gasteiger charge is -2.37. The monoisotopic (exact) mass is 391 g/mol. The van der Waals surface area contributed by atoms with Crippen molar-refractivity contribution in [1.82, 2.24) is 4.98 Å². The van der Waals surface area contributed by atoms with Gasteiger partial charge in [-0.25, -0.2) is 9.37 Å². The van der Waals surface area contributed by atoms with Gasteiger partial charge >= 0.3 is 0 Å². The topological polar surface area (TPSA) is 71.4 Å². The third-order valence-electron chi connectivity index (χ3n) is 5.52. The van der Waals surface area contributed by atoms with Gasteiger partial charge in [-0.1, -0.05) is 25.1 Å². The van der Waals surface area contributed by atoms with E-state index in [0.29, 0.717) is 35.5 Å². The van der Waals surface area contributed by atoms with Crippen LogP contribution in [0.15, 0.2) is 64.9 Å². The molecule has 3 atom stereocenters. The van der Waals surface area contributed by atoms with Gasteiger partial charge in [0.05, 0.1) is 5.92 Å². The Hall–Kier alpha value is -3.15. The number of aliphatic imine (C=N–C) groups is 1. The first-order valence-electron chi connectivity index (χ1n) is 9.73. The van der Waals surface area contributed by atoms with Gasteiger partial charge in [-0.15, -0.1) is 0 Å². The summed E-state index contributed by atoms with van der Waals surface area (Å²) in [6.45, 7) is 3.79. The van der Waals surface area contributed by atoms with Crippen LogP contribution >= 0.6 is 0 Å². The number of nitrogens with zero attached hydrogens (tertiary/aromatic N) is 2. The van der Waals surface area contributed by atoms with Gasteiger partial charge < -0.3 is 5.32 Å². The largest absolute Gasteiger partial charge is 0.307 e. The van der Waals surface area contributed by atoms with Crippen LogP contribution < -0.4 is 5.32 Å². The number of allylic oxidation sites excluding steroid dienone is 1. The Bertz CT molecular complexity index is 1030. The van der Waals surface area contributed by atoms with Crippen LogP contribution in [-0.2, 0) is 9.59 Å². The summed E-state index contributed by atoms with van der Waals surface area (Å²) in [5, 5.41) is 2.79. The average molecular weight is 391 g/mol. The fourth-order valence-electron chi connectivity index (χ4n) is 4.36. The summed E-state index contributed by atoms with van der Waals surface area (Å²) < 4.78 is 14.0. The highest BCUT2D eigenvalue weighted by Gasteiger charge is 2.44. The summed E-state index contributed by atoms with van der Waals surface area (Å²) in [5.74, 6) is -1.21. The van der Waals surface area contributed by atoms with Crippen molar-refractivity contribution >= 4 is 23.2 Å². The molecule has 1 fully saturated rings. The fraction of sp³-hybridized carbons (Fsp3) is 0.304. The Kier molecular flexibility index (Phi) is 5.09. The molecule has 5 nitrogen and oxygen atoms in total. The predicted molar refractivity (Wildman–Crippen MR) is 109 cm³/mol. The Morgan fingerprint density at radius 3 is 2.69 bits per heavy atom. The zero-order valence-corrected chi connectivity index (χ0v) is 16.4. The molecule has 1 aliphatic carbocycles. The van der Waals surface area contributed by atoms with E-state index in [1.165, 1.54) is 12.1 Å². The summed E-state index contributed by atoms with van der Waals surface area (Å²) in [5.41, 5.74) is 2.34. The molecule has 148 valence electrons. The smallest absolute Gasteiger partial charge is 0.255 e. The van der Waals surface area contributed by atoms with Gasteiger partial charge in [-0.3, -0.25) is 14.6 Å². The number of anilines is 1. The molecule has 2 aliphatic rings. The van der Waals surface area contributed by atoms with Crippen LogP contribution in [0.3, 0.4) is 0 Å². The summed E-state index contributed by atoms with van der Waals surface area (Å²) in [7, 11) is 0. The van der Waals surface area contributed by atoms with E-state index in [9.17, 15) is 14.0 Å². The number of hydrogen-bond donors (Lipinski definition) is 1. The molecule has 0 spiro atoms. The minimum absolute atomic E-state index is 0.0485. The molecular weight excluding hydrogens is 369 g/mol. The van der Waals surface area contributed by atoms with Crippen molar-refractivity contribution in [2.45, 2.75) is 32.6 Å². The van der Waals surface area contributed by atoms with E-state index < -0.39 is 17.7 Å². The summed E-state index contributed by atoms with van der Waals surface area (Å²) in [6.07, 6.45) is 2.72. The number of ketones is 1. The van der Waals surface area contributed by atoms with Crippen LogP contribution in [0.25, 0.3) is 0 Å². The van der Waals surface area contributed by atoms with Gasteiger partial charge in [0.1, 0.15) is 17.4 Å². The van der Waals surface area contributed by atoms with E-state index in [0.717, 1.165) is 5.71 Å². The van der Waals surface area contributed by atoms with Crippen LogP contribution in [-0.4, -0.2) is 22.4 Å². The highest BCUT2D eigenvalue weighted by atomic mass is 19.1. The van der Waals surface area contributed by atoms with Crippen molar-refractivity contribution in [3.05, 3.63) is 71.3 Å². The number of nitrogens with one attached hydrogen (secondary N) is 1. The minimum Gasteiger partial charge on any atom is -0.307 e. The standard InChI is InChI=1S/C23H22FN3O2/c1-13-10-17-22(18(28)11-13)21(15-6-5-7-16(24)12-15)20(14(2)26-17)23(29)27-19-8-3-4-9-25-19/h3-9,12-13,21-22H,10-11H2,1-2H3,(H,25,27,29)/t13-,21-,22?/m0/s1. The van der Waals surface area contributed by atoms with Crippen molar-refractivity contribution in [3.63, 3.8) is 0 Å². The molecule has 1 aliphatic heterocycles. The maximum absolute atomic E-state index is 14.0. The van der Waals surface area contributed by atoms with Crippen molar-refractivity contribution in [2.75, 3.05) is 5.32 Å². The molecule has 2 aromatic rings. The second-order valence-corrected chi connectivity index (χ2v) is 7.76. The Morgan fingerprint density at radius 2 is 1.97 bits per heavy atom. The zero-order chi connectivity index (χ0) is 20.5. The number of hydrogen-bond acceptors (Lipinski definition) is 4. The number of aromatic nitrogens is 1. The average Bonchev–Trinajstić information content (AvgIpc) is 2.67. The first-order valence-corrected chi connectivity index (χ1v) is 9.73. The quantitative estimate of drug-likeness (QED) is 0.849. The molecule has 6 heteroatoms. The predicted octanol–water partition coefficient (Wildman–Crippen LogP) is 4.29. The van der Waals surface area contributed by atoms with E-state index >= 15 is 0 Å². The van der Waals surface area contributed by atoms with Crippen molar-refractivity contribution in [1.29, 1.82) is 0 Å². The van der Waals surface area contributed by atoms with Gasteiger partial charge in [0.2, 0.25) is 0 Å². The molecule has 0 bridgehead atoms. The summed E-state index contributed by atoms with van der Waals surface area (Å²) in [6, 6.07) is 11.4. The first kappa shape index (κ1) is 19.2. The Balaban J connectivity index is 1.81. The molecule has 1 amide bonds. The van der Waals surface area contributed by atoms with Gasteiger partial charge in [-0.05, 0) is 49.1 Å². The van der Waals surface area contributed by atoms with E-state index in [1.54, 1.807) is 43.5 Å². The zero-order valence-electron chi connectivity index (χ0n) is 16.4. The number of amides is 1. The number of carbonyl (C=O) groups is 2. The van der Waals surface area contributed by atoms with E-state index in [1.807, 2.05) is 6.92 Å². The van der Waals surface area contributed by atoms with Crippen LogP contribution in [0, 0.1) is 17.7 Å². The van der Waals surface area contributed by atoms with Gasteiger partial charge in [0.15, 0.2) is 0 Å². The van der Waals surface area contributed by atoms with Gasteiger partial charge in [0.25, 0.3) is 5.91 Å². The lowest BCUT2D eigenvalue weighted by atomic mass is 9.67. The molecule has 1 saturated carbocycles.